The first-order chi connectivity index (χ1) is 9.11. The Hall–Kier alpha value is -1.86. The van der Waals surface area contributed by atoms with Crippen molar-refractivity contribution in [3.63, 3.8) is 0 Å². The number of halogens is 2. The molecule has 0 fully saturated rings. The fraction of sp³-hybridized carbons (Fsp3) is 0.0833. The summed E-state index contributed by atoms with van der Waals surface area (Å²) >= 11 is 3.22. The number of hydrazine groups is 1. The maximum Gasteiger partial charge on any atom is 0.301 e. The van der Waals surface area contributed by atoms with Gasteiger partial charge in [0.25, 0.3) is 0 Å². The van der Waals surface area contributed by atoms with E-state index in [1.54, 1.807) is 12.1 Å². The molecule has 0 saturated heterocycles. The summed E-state index contributed by atoms with van der Waals surface area (Å²) in [6.07, 6.45) is 1.33. The number of nitrogens with one attached hydrogen (secondary N) is 1. The van der Waals surface area contributed by atoms with Crippen molar-refractivity contribution in [1.82, 2.24) is 5.43 Å². The summed E-state index contributed by atoms with van der Waals surface area (Å²) in [5, 5.41) is 0. The van der Waals surface area contributed by atoms with Crippen LogP contribution in [0.3, 0.4) is 0 Å². The number of rotatable bonds is 4. The molecular weight excluding hydrogens is 319 g/mol. The maximum absolute atomic E-state index is 13.5. The van der Waals surface area contributed by atoms with Gasteiger partial charge in [0.05, 0.1) is 6.26 Å². The first kappa shape index (κ1) is 13.6. The second-order valence-corrected chi connectivity index (χ2v) is 4.53. The van der Waals surface area contributed by atoms with Gasteiger partial charge < -0.3 is 9.15 Å². The number of nitrogens with two attached hydrogens (primary N) is 1. The van der Waals surface area contributed by atoms with Gasteiger partial charge in [0.1, 0.15) is 6.61 Å². The predicted octanol–water partition coefficient (Wildman–Crippen LogP) is 2.36. The summed E-state index contributed by atoms with van der Waals surface area (Å²) in [6, 6.07) is 5.90. The second-order valence-electron chi connectivity index (χ2n) is 3.61. The van der Waals surface area contributed by atoms with Gasteiger partial charge in [-0.05, 0) is 24.3 Å². The SMILES string of the molecule is NNC(=O)c1occc1COc1cc(Br)ccc1F. The smallest absolute Gasteiger partial charge is 0.301 e. The fourth-order valence-corrected chi connectivity index (χ4v) is 1.80. The molecule has 0 spiro atoms. The highest BCUT2D eigenvalue weighted by Crippen LogP contribution is 2.23. The molecular formula is C12H10BrFN2O3. The average Bonchev–Trinajstić information content (AvgIpc) is 2.87. The number of amides is 1. The van der Waals surface area contributed by atoms with E-state index in [2.05, 4.69) is 15.9 Å². The van der Waals surface area contributed by atoms with E-state index in [-0.39, 0.29) is 18.1 Å². The van der Waals surface area contributed by atoms with Crippen LogP contribution in [-0.2, 0) is 6.61 Å². The molecule has 2 aromatic rings. The largest absolute Gasteiger partial charge is 0.486 e. The number of hydrogen-bond acceptors (Lipinski definition) is 4. The minimum absolute atomic E-state index is 0.00731. The average molecular weight is 329 g/mol. The molecule has 1 heterocycles. The topological polar surface area (TPSA) is 77.5 Å². The summed E-state index contributed by atoms with van der Waals surface area (Å²) in [7, 11) is 0. The van der Waals surface area contributed by atoms with Crippen molar-refractivity contribution < 1.29 is 18.3 Å². The van der Waals surface area contributed by atoms with Crippen LogP contribution in [-0.4, -0.2) is 5.91 Å². The van der Waals surface area contributed by atoms with E-state index in [1.807, 2.05) is 5.43 Å². The molecule has 1 amide bonds. The number of furan rings is 1. The van der Waals surface area contributed by atoms with Crippen molar-refractivity contribution in [2.75, 3.05) is 0 Å². The van der Waals surface area contributed by atoms with Crippen LogP contribution in [0.5, 0.6) is 5.75 Å². The third-order valence-corrected chi connectivity index (χ3v) is 2.85. The molecule has 2 rings (SSSR count). The summed E-state index contributed by atoms with van der Waals surface area (Å²) in [5.74, 6) is 4.07. The lowest BCUT2D eigenvalue weighted by Crippen LogP contribution is -2.30. The zero-order valence-corrected chi connectivity index (χ0v) is 11.2. The maximum atomic E-state index is 13.5. The fourth-order valence-electron chi connectivity index (χ4n) is 1.46. The number of hydrogen-bond donors (Lipinski definition) is 2. The van der Waals surface area contributed by atoms with Crippen LogP contribution in [0.25, 0.3) is 0 Å². The van der Waals surface area contributed by atoms with Crippen LogP contribution in [0, 0.1) is 5.82 Å². The van der Waals surface area contributed by atoms with E-state index in [1.165, 1.54) is 18.4 Å². The second kappa shape index (κ2) is 5.85. The molecule has 0 aliphatic heterocycles. The minimum Gasteiger partial charge on any atom is -0.486 e. The number of carbonyl (C=O) groups excluding carboxylic acids is 1. The van der Waals surface area contributed by atoms with Crippen molar-refractivity contribution >= 4 is 21.8 Å². The van der Waals surface area contributed by atoms with E-state index < -0.39 is 11.7 Å². The van der Waals surface area contributed by atoms with Gasteiger partial charge in [0.15, 0.2) is 17.3 Å². The first-order valence-electron chi connectivity index (χ1n) is 5.27. The highest BCUT2D eigenvalue weighted by Gasteiger charge is 2.15. The number of carbonyl (C=O) groups is 1. The van der Waals surface area contributed by atoms with Crippen LogP contribution in [0.1, 0.15) is 16.1 Å². The summed E-state index contributed by atoms with van der Waals surface area (Å²) in [4.78, 5) is 11.4. The van der Waals surface area contributed by atoms with Crippen LogP contribution >= 0.6 is 15.9 Å². The predicted molar refractivity (Wildman–Crippen MR) is 68.8 cm³/mol. The van der Waals surface area contributed by atoms with E-state index in [0.29, 0.717) is 10.0 Å². The monoisotopic (exact) mass is 328 g/mol. The number of benzene rings is 1. The van der Waals surface area contributed by atoms with Crippen LogP contribution < -0.4 is 16.0 Å². The van der Waals surface area contributed by atoms with Gasteiger partial charge in [-0.3, -0.25) is 10.2 Å². The molecule has 0 atom stereocenters. The molecule has 0 bridgehead atoms. The molecule has 1 aromatic carbocycles. The molecule has 1 aromatic heterocycles. The zero-order chi connectivity index (χ0) is 13.8. The van der Waals surface area contributed by atoms with E-state index in [9.17, 15) is 9.18 Å². The van der Waals surface area contributed by atoms with Crippen molar-refractivity contribution in [2.45, 2.75) is 6.61 Å². The third-order valence-electron chi connectivity index (χ3n) is 2.36. The Morgan fingerprint density at radius 3 is 3.00 bits per heavy atom. The van der Waals surface area contributed by atoms with Crippen molar-refractivity contribution in [3.05, 3.63) is 52.1 Å². The Morgan fingerprint density at radius 2 is 2.26 bits per heavy atom. The molecule has 0 unspecified atom stereocenters. The lowest BCUT2D eigenvalue weighted by Gasteiger charge is -2.07. The Balaban J connectivity index is 2.13. The van der Waals surface area contributed by atoms with Gasteiger partial charge in [-0.1, -0.05) is 15.9 Å². The number of nitrogen functional groups attached to an aromatic ring is 1. The van der Waals surface area contributed by atoms with Gasteiger partial charge >= 0.3 is 5.91 Å². The molecule has 0 aliphatic rings. The Labute approximate surface area is 116 Å². The van der Waals surface area contributed by atoms with Gasteiger partial charge in [0, 0.05) is 10.0 Å². The van der Waals surface area contributed by atoms with E-state index >= 15 is 0 Å². The molecule has 0 saturated carbocycles. The van der Waals surface area contributed by atoms with Crippen LogP contribution in [0.4, 0.5) is 4.39 Å². The lowest BCUT2D eigenvalue weighted by molar-refractivity contribution is 0.0922. The van der Waals surface area contributed by atoms with Gasteiger partial charge in [-0.15, -0.1) is 0 Å². The third kappa shape index (κ3) is 3.12. The molecule has 0 radical (unpaired) electrons. The summed E-state index contributed by atoms with van der Waals surface area (Å²) in [5.41, 5.74) is 2.43. The highest BCUT2D eigenvalue weighted by molar-refractivity contribution is 9.10. The Bertz CT molecular complexity index is 600. The van der Waals surface area contributed by atoms with Gasteiger partial charge in [-0.25, -0.2) is 10.2 Å². The Morgan fingerprint density at radius 1 is 1.47 bits per heavy atom. The Kier molecular flexibility index (Phi) is 4.18. The molecule has 3 N–H and O–H groups in total. The van der Waals surface area contributed by atoms with Gasteiger partial charge in [0.2, 0.25) is 0 Å². The zero-order valence-electron chi connectivity index (χ0n) is 9.65. The molecule has 19 heavy (non-hydrogen) atoms. The quantitative estimate of drug-likeness (QED) is 0.513. The first-order valence-corrected chi connectivity index (χ1v) is 6.06. The molecule has 7 heteroatoms. The summed E-state index contributed by atoms with van der Waals surface area (Å²) in [6.45, 7) is -0.00731. The van der Waals surface area contributed by atoms with E-state index in [4.69, 9.17) is 15.0 Å². The van der Waals surface area contributed by atoms with Crippen LogP contribution in [0.15, 0.2) is 39.4 Å². The molecule has 5 nitrogen and oxygen atoms in total. The standard InChI is InChI=1S/C12H10BrFN2O3/c13-8-1-2-9(14)10(5-8)19-6-7-3-4-18-11(7)12(17)16-15/h1-5H,6,15H2,(H,16,17). The normalized spacial score (nSPS) is 10.3. The lowest BCUT2D eigenvalue weighted by atomic mass is 10.2. The van der Waals surface area contributed by atoms with Gasteiger partial charge in [-0.2, -0.15) is 0 Å². The highest BCUT2D eigenvalue weighted by atomic mass is 79.9. The minimum atomic E-state index is -0.571. The molecule has 100 valence electrons. The van der Waals surface area contributed by atoms with E-state index in [0.717, 1.165) is 0 Å². The van der Waals surface area contributed by atoms with Crippen molar-refractivity contribution in [3.8, 4) is 5.75 Å². The van der Waals surface area contributed by atoms with Crippen molar-refractivity contribution in [1.29, 1.82) is 0 Å². The summed E-state index contributed by atoms with van der Waals surface area (Å²) < 4.78 is 24.4. The molecule has 0 aliphatic carbocycles. The number of ether oxygens (including phenoxy) is 1. The van der Waals surface area contributed by atoms with Crippen LogP contribution in [0.2, 0.25) is 0 Å². The van der Waals surface area contributed by atoms with Crippen molar-refractivity contribution in [2.24, 2.45) is 5.84 Å².